The van der Waals surface area contributed by atoms with Crippen LogP contribution in [-0.4, -0.2) is 29.0 Å². The Morgan fingerprint density at radius 2 is 1.81 bits per heavy atom. The molecular weight excluding hydrogens is 324 g/mol. The molecule has 5 nitrogen and oxygen atoms in total. The third-order valence-corrected chi connectivity index (χ3v) is 4.90. The molecule has 0 unspecified atom stereocenters. The van der Waals surface area contributed by atoms with Gasteiger partial charge < -0.3 is 15.2 Å². The Bertz CT molecular complexity index is 845. The molecule has 4 rings (SSSR count). The van der Waals surface area contributed by atoms with Crippen LogP contribution in [0.25, 0.3) is 11.0 Å². The maximum absolute atomic E-state index is 12.2. The summed E-state index contributed by atoms with van der Waals surface area (Å²) in [5, 5.41) is 2.98. The molecule has 134 valence electrons. The number of aryl methyl sites for hydroxylation is 1. The number of carbonyl (C=O) groups excluding carboxylic acids is 1. The first-order chi connectivity index (χ1) is 12.8. The number of benzene rings is 2. The fourth-order valence-electron chi connectivity index (χ4n) is 3.49. The van der Waals surface area contributed by atoms with Crippen LogP contribution in [0.2, 0.25) is 0 Å². The third-order valence-electron chi connectivity index (χ3n) is 4.90. The van der Waals surface area contributed by atoms with E-state index in [2.05, 4.69) is 32.3 Å². The van der Waals surface area contributed by atoms with Crippen LogP contribution in [0.3, 0.4) is 0 Å². The zero-order valence-corrected chi connectivity index (χ0v) is 14.9. The number of carbonyl (C=O) groups is 1. The number of imidazole rings is 1. The van der Waals surface area contributed by atoms with Crippen molar-refractivity contribution in [1.29, 1.82) is 0 Å². The van der Waals surface area contributed by atoms with E-state index in [1.165, 1.54) is 24.9 Å². The number of hydrogen-bond donors (Lipinski definition) is 2. The SMILES string of the molecule is O=C(CCc1nc2ccccc2[nH]1)Nc1ccc(N2CCCCC2)cc1. The predicted molar refractivity (Wildman–Crippen MR) is 106 cm³/mol. The second kappa shape index (κ2) is 7.60. The van der Waals surface area contributed by atoms with Crippen molar-refractivity contribution >= 4 is 28.3 Å². The quantitative estimate of drug-likeness (QED) is 0.729. The second-order valence-corrected chi connectivity index (χ2v) is 6.84. The van der Waals surface area contributed by atoms with Crippen molar-refractivity contribution in [2.24, 2.45) is 0 Å². The van der Waals surface area contributed by atoms with Crippen LogP contribution in [0.1, 0.15) is 31.5 Å². The molecule has 0 bridgehead atoms. The van der Waals surface area contributed by atoms with E-state index in [9.17, 15) is 4.79 Å². The first-order valence-electron chi connectivity index (χ1n) is 9.36. The average molecular weight is 348 g/mol. The smallest absolute Gasteiger partial charge is 0.224 e. The van der Waals surface area contributed by atoms with Crippen LogP contribution in [-0.2, 0) is 11.2 Å². The summed E-state index contributed by atoms with van der Waals surface area (Å²) in [5.41, 5.74) is 4.04. The van der Waals surface area contributed by atoms with Crippen LogP contribution in [0, 0.1) is 0 Å². The van der Waals surface area contributed by atoms with Gasteiger partial charge in [-0.3, -0.25) is 4.79 Å². The van der Waals surface area contributed by atoms with Crippen molar-refractivity contribution < 1.29 is 4.79 Å². The molecule has 0 spiro atoms. The van der Waals surface area contributed by atoms with E-state index in [1.54, 1.807) is 0 Å². The van der Waals surface area contributed by atoms with Crippen LogP contribution in [0.15, 0.2) is 48.5 Å². The maximum Gasteiger partial charge on any atom is 0.224 e. The summed E-state index contributed by atoms with van der Waals surface area (Å²) in [6, 6.07) is 16.1. The summed E-state index contributed by atoms with van der Waals surface area (Å²) in [5.74, 6) is 0.859. The number of piperidine rings is 1. The van der Waals surface area contributed by atoms with Crippen molar-refractivity contribution in [1.82, 2.24) is 9.97 Å². The average Bonchev–Trinajstić information content (AvgIpc) is 3.11. The highest BCUT2D eigenvalue weighted by atomic mass is 16.1. The highest BCUT2D eigenvalue weighted by molar-refractivity contribution is 5.91. The molecule has 1 saturated heterocycles. The van der Waals surface area contributed by atoms with Gasteiger partial charge in [-0.1, -0.05) is 12.1 Å². The van der Waals surface area contributed by atoms with E-state index in [1.807, 2.05) is 36.4 Å². The van der Waals surface area contributed by atoms with E-state index >= 15 is 0 Å². The lowest BCUT2D eigenvalue weighted by molar-refractivity contribution is -0.116. The molecule has 1 aliphatic heterocycles. The Morgan fingerprint density at radius 3 is 2.58 bits per heavy atom. The third kappa shape index (κ3) is 3.87. The molecule has 5 heteroatoms. The van der Waals surface area contributed by atoms with E-state index in [0.29, 0.717) is 12.8 Å². The van der Waals surface area contributed by atoms with Gasteiger partial charge in [0, 0.05) is 37.3 Å². The summed E-state index contributed by atoms with van der Waals surface area (Å²) in [4.78, 5) is 22.4. The van der Waals surface area contributed by atoms with Crippen molar-refractivity contribution in [2.45, 2.75) is 32.1 Å². The molecule has 26 heavy (non-hydrogen) atoms. The van der Waals surface area contributed by atoms with Crippen molar-refractivity contribution in [2.75, 3.05) is 23.3 Å². The molecule has 3 aromatic rings. The highest BCUT2D eigenvalue weighted by Gasteiger charge is 2.11. The van der Waals surface area contributed by atoms with E-state index in [-0.39, 0.29) is 5.91 Å². The first kappa shape index (κ1) is 16.6. The summed E-state index contributed by atoms with van der Waals surface area (Å²) < 4.78 is 0. The number of para-hydroxylation sites is 2. The van der Waals surface area contributed by atoms with Crippen LogP contribution in [0.4, 0.5) is 11.4 Å². The maximum atomic E-state index is 12.2. The number of rotatable bonds is 5. The number of H-pyrrole nitrogens is 1. The Kier molecular flexibility index (Phi) is 4.86. The van der Waals surface area contributed by atoms with Gasteiger partial charge in [0.2, 0.25) is 5.91 Å². The molecule has 0 aliphatic carbocycles. The number of amides is 1. The number of aromatic amines is 1. The monoisotopic (exact) mass is 348 g/mol. The van der Waals surface area contributed by atoms with E-state index < -0.39 is 0 Å². The fourth-order valence-corrected chi connectivity index (χ4v) is 3.49. The molecule has 2 N–H and O–H groups in total. The van der Waals surface area contributed by atoms with Gasteiger partial charge in [0.25, 0.3) is 0 Å². The standard InChI is InChI=1S/C21H24N4O/c26-21(13-12-20-23-18-6-2-3-7-19(18)24-20)22-16-8-10-17(11-9-16)25-14-4-1-5-15-25/h2-3,6-11H,1,4-5,12-15H2,(H,22,26)(H,23,24). The Labute approximate surface area is 153 Å². The summed E-state index contributed by atoms with van der Waals surface area (Å²) in [6.45, 7) is 2.26. The van der Waals surface area contributed by atoms with Gasteiger partial charge in [-0.25, -0.2) is 4.98 Å². The summed E-state index contributed by atoms with van der Waals surface area (Å²) >= 11 is 0. The van der Waals surface area contributed by atoms with Gasteiger partial charge in [0.15, 0.2) is 0 Å². The van der Waals surface area contributed by atoms with Gasteiger partial charge >= 0.3 is 0 Å². The fraction of sp³-hybridized carbons (Fsp3) is 0.333. The summed E-state index contributed by atoms with van der Waals surface area (Å²) in [7, 11) is 0. The number of aromatic nitrogens is 2. The molecule has 0 saturated carbocycles. The lowest BCUT2D eigenvalue weighted by Gasteiger charge is -2.28. The normalized spacial score (nSPS) is 14.5. The molecule has 1 amide bonds. The number of hydrogen-bond acceptors (Lipinski definition) is 3. The Morgan fingerprint density at radius 1 is 1.04 bits per heavy atom. The predicted octanol–water partition coefficient (Wildman–Crippen LogP) is 4.12. The van der Waals surface area contributed by atoms with Gasteiger partial charge in [0.05, 0.1) is 11.0 Å². The Hall–Kier alpha value is -2.82. The molecule has 2 heterocycles. The lowest BCUT2D eigenvalue weighted by Crippen LogP contribution is -2.29. The molecule has 2 aromatic carbocycles. The van der Waals surface area contributed by atoms with E-state index in [4.69, 9.17) is 0 Å². The van der Waals surface area contributed by atoms with Crippen molar-refractivity contribution in [3.05, 3.63) is 54.4 Å². The van der Waals surface area contributed by atoms with Crippen LogP contribution < -0.4 is 10.2 Å². The van der Waals surface area contributed by atoms with Gasteiger partial charge in [-0.15, -0.1) is 0 Å². The highest BCUT2D eigenvalue weighted by Crippen LogP contribution is 2.22. The molecule has 1 aromatic heterocycles. The summed E-state index contributed by atoms with van der Waals surface area (Å²) in [6.07, 6.45) is 4.87. The van der Waals surface area contributed by atoms with Crippen LogP contribution in [0.5, 0.6) is 0 Å². The second-order valence-electron chi connectivity index (χ2n) is 6.84. The largest absolute Gasteiger partial charge is 0.372 e. The number of fused-ring (bicyclic) bond motifs is 1. The van der Waals surface area contributed by atoms with Crippen molar-refractivity contribution in [3.63, 3.8) is 0 Å². The minimum Gasteiger partial charge on any atom is -0.372 e. The van der Waals surface area contributed by atoms with Gasteiger partial charge in [-0.2, -0.15) is 0 Å². The van der Waals surface area contributed by atoms with E-state index in [0.717, 1.165) is 35.6 Å². The van der Waals surface area contributed by atoms with Crippen molar-refractivity contribution in [3.8, 4) is 0 Å². The molecule has 0 atom stereocenters. The molecule has 1 fully saturated rings. The number of anilines is 2. The minimum atomic E-state index is 0.0104. The number of nitrogens with zero attached hydrogens (tertiary/aromatic N) is 2. The molecular formula is C21H24N4O. The zero-order chi connectivity index (χ0) is 17.8. The first-order valence-corrected chi connectivity index (χ1v) is 9.36. The molecule has 0 radical (unpaired) electrons. The lowest BCUT2D eigenvalue weighted by atomic mass is 10.1. The zero-order valence-electron chi connectivity index (χ0n) is 14.9. The van der Waals surface area contributed by atoms with Gasteiger partial charge in [0.1, 0.15) is 5.82 Å². The number of nitrogens with one attached hydrogen (secondary N) is 2. The molecule has 1 aliphatic rings. The van der Waals surface area contributed by atoms with Gasteiger partial charge in [-0.05, 0) is 55.7 Å². The van der Waals surface area contributed by atoms with Crippen LogP contribution >= 0.6 is 0 Å². The topological polar surface area (TPSA) is 61.0 Å². The minimum absolute atomic E-state index is 0.0104. The Balaban J connectivity index is 1.31.